The van der Waals surface area contributed by atoms with Crippen LogP contribution in [0.4, 0.5) is 13.2 Å². The van der Waals surface area contributed by atoms with Gasteiger partial charge in [-0.1, -0.05) is 18.2 Å². The van der Waals surface area contributed by atoms with Gasteiger partial charge in [0.05, 0.1) is 12.2 Å². The molecule has 1 spiro atoms. The number of nitrogens with two attached hydrogens (primary N) is 1. The Labute approximate surface area is 161 Å². The van der Waals surface area contributed by atoms with E-state index in [-0.39, 0.29) is 16.9 Å². The molecule has 0 unspecified atom stereocenters. The topological polar surface area (TPSA) is 55.6 Å². The number of ether oxygens (including phenoxy) is 1. The van der Waals surface area contributed by atoms with Gasteiger partial charge in [0, 0.05) is 36.2 Å². The van der Waals surface area contributed by atoms with E-state index in [2.05, 4.69) is 6.07 Å². The molecule has 28 heavy (non-hydrogen) atoms. The van der Waals surface area contributed by atoms with E-state index in [1.54, 1.807) is 4.90 Å². The lowest BCUT2D eigenvalue weighted by Gasteiger charge is -2.38. The van der Waals surface area contributed by atoms with Gasteiger partial charge in [-0.2, -0.15) is 13.2 Å². The van der Waals surface area contributed by atoms with Crippen LogP contribution in [0.15, 0.2) is 42.5 Å². The molecule has 2 aromatic rings. The zero-order valence-corrected chi connectivity index (χ0v) is 15.3. The quantitative estimate of drug-likeness (QED) is 0.850. The molecule has 2 heterocycles. The molecule has 0 aromatic heterocycles. The summed E-state index contributed by atoms with van der Waals surface area (Å²) in [5.74, 6) is 0.491. The second kappa shape index (κ2) is 6.81. The third kappa shape index (κ3) is 3.24. The van der Waals surface area contributed by atoms with Gasteiger partial charge in [-0.3, -0.25) is 4.79 Å². The number of hydrogen-bond acceptors (Lipinski definition) is 3. The molecule has 0 saturated carbocycles. The monoisotopic (exact) mass is 390 g/mol. The highest BCUT2D eigenvalue weighted by Crippen LogP contribution is 2.46. The van der Waals surface area contributed by atoms with Crippen LogP contribution in [0.2, 0.25) is 0 Å². The third-order valence-corrected chi connectivity index (χ3v) is 5.80. The SMILES string of the molecule is NCc1ccc2c(c1)C1(CCN(C(=O)c3cccc(C(F)(F)F)c3)CC1)CO2. The summed E-state index contributed by atoms with van der Waals surface area (Å²) in [7, 11) is 0. The molecule has 4 rings (SSSR count). The van der Waals surface area contributed by atoms with Crippen molar-refractivity contribution in [2.24, 2.45) is 5.73 Å². The Kier molecular flexibility index (Phi) is 4.57. The van der Waals surface area contributed by atoms with E-state index in [0.717, 1.165) is 29.0 Å². The number of alkyl halides is 3. The van der Waals surface area contributed by atoms with Crippen LogP contribution in [0, 0.1) is 0 Å². The maximum absolute atomic E-state index is 12.9. The van der Waals surface area contributed by atoms with E-state index in [4.69, 9.17) is 10.5 Å². The number of hydrogen-bond donors (Lipinski definition) is 1. The van der Waals surface area contributed by atoms with Crippen molar-refractivity contribution in [1.82, 2.24) is 4.90 Å². The second-order valence-electron chi connectivity index (χ2n) is 7.47. The molecule has 148 valence electrons. The highest BCUT2D eigenvalue weighted by Gasteiger charge is 2.44. The Morgan fingerprint density at radius 1 is 1.14 bits per heavy atom. The zero-order chi connectivity index (χ0) is 19.9. The number of likely N-dealkylation sites (tertiary alicyclic amines) is 1. The van der Waals surface area contributed by atoms with Crippen molar-refractivity contribution < 1.29 is 22.7 Å². The first-order valence-corrected chi connectivity index (χ1v) is 9.25. The summed E-state index contributed by atoms with van der Waals surface area (Å²) < 4.78 is 44.6. The van der Waals surface area contributed by atoms with E-state index in [1.165, 1.54) is 12.1 Å². The summed E-state index contributed by atoms with van der Waals surface area (Å²) in [5, 5.41) is 0. The van der Waals surface area contributed by atoms with Crippen LogP contribution in [0.1, 0.15) is 39.9 Å². The molecule has 7 heteroatoms. The fourth-order valence-electron chi connectivity index (χ4n) is 4.10. The normalized spacial score (nSPS) is 18.1. The standard InChI is InChI=1S/C21H21F3N2O2/c22-21(23,24)16-3-1-2-15(11-16)19(27)26-8-6-20(7-9-26)13-28-18-5-4-14(12-25)10-17(18)20/h1-5,10-11H,6-9,12-13,25H2. The van der Waals surface area contributed by atoms with Gasteiger partial charge in [0.25, 0.3) is 5.91 Å². The molecular formula is C21H21F3N2O2. The maximum Gasteiger partial charge on any atom is 0.416 e. The van der Waals surface area contributed by atoms with Crippen molar-refractivity contribution in [3.63, 3.8) is 0 Å². The van der Waals surface area contributed by atoms with Gasteiger partial charge in [-0.15, -0.1) is 0 Å². The first-order chi connectivity index (χ1) is 13.3. The summed E-state index contributed by atoms with van der Waals surface area (Å²) >= 11 is 0. The number of fused-ring (bicyclic) bond motifs is 2. The Bertz CT molecular complexity index is 903. The summed E-state index contributed by atoms with van der Waals surface area (Å²) in [6.45, 7) is 1.96. The fraction of sp³-hybridized carbons (Fsp3) is 0.381. The molecule has 0 bridgehead atoms. The van der Waals surface area contributed by atoms with Crippen LogP contribution in [-0.4, -0.2) is 30.5 Å². The summed E-state index contributed by atoms with van der Waals surface area (Å²) in [6, 6.07) is 10.6. The summed E-state index contributed by atoms with van der Waals surface area (Å²) in [5.41, 5.74) is 7.02. The van der Waals surface area contributed by atoms with Gasteiger partial charge in [0.1, 0.15) is 5.75 Å². The smallest absolute Gasteiger partial charge is 0.416 e. The van der Waals surface area contributed by atoms with E-state index in [1.807, 2.05) is 12.1 Å². The van der Waals surface area contributed by atoms with Crippen molar-refractivity contribution in [3.8, 4) is 5.75 Å². The van der Waals surface area contributed by atoms with Crippen molar-refractivity contribution >= 4 is 5.91 Å². The summed E-state index contributed by atoms with van der Waals surface area (Å²) in [4.78, 5) is 14.4. The largest absolute Gasteiger partial charge is 0.492 e. The maximum atomic E-state index is 12.9. The van der Waals surface area contributed by atoms with Gasteiger partial charge in [0.2, 0.25) is 0 Å². The van der Waals surface area contributed by atoms with Gasteiger partial charge >= 0.3 is 6.18 Å². The van der Waals surface area contributed by atoms with Gasteiger partial charge in [0.15, 0.2) is 0 Å². The average Bonchev–Trinajstić information content (AvgIpc) is 3.05. The minimum absolute atomic E-state index is 0.0688. The molecule has 0 atom stereocenters. The molecule has 4 nitrogen and oxygen atoms in total. The Morgan fingerprint density at radius 2 is 1.89 bits per heavy atom. The number of carbonyl (C=O) groups excluding carboxylic acids is 1. The van der Waals surface area contributed by atoms with Gasteiger partial charge in [-0.25, -0.2) is 0 Å². The fourth-order valence-corrected chi connectivity index (χ4v) is 4.10. The number of amides is 1. The minimum Gasteiger partial charge on any atom is -0.492 e. The Hall–Kier alpha value is -2.54. The molecule has 0 aliphatic carbocycles. The lowest BCUT2D eigenvalue weighted by molar-refractivity contribution is -0.137. The molecule has 2 aromatic carbocycles. The van der Waals surface area contributed by atoms with Crippen molar-refractivity contribution in [3.05, 3.63) is 64.7 Å². The summed E-state index contributed by atoms with van der Waals surface area (Å²) in [6.07, 6.45) is -3.05. The Morgan fingerprint density at radius 3 is 2.57 bits per heavy atom. The lowest BCUT2D eigenvalue weighted by atomic mass is 9.74. The molecule has 1 saturated heterocycles. The van der Waals surface area contributed by atoms with Gasteiger partial charge in [-0.05, 0) is 42.7 Å². The molecule has 2 N–H and O–H groups in total. The van der Waals surface area contributed by atoms with Crippen LogP contribution in [-0.2, 0) is 18.1 Å². The molecule has 2 aliphatic heterocycles. The molecular weight excluding hydrogens is 369 g/mol. The van der Waals surface area contributed by atoms with Crippen LogP contribution >= 0.6 is 0 Å². The van der Waals surface area contributed by atoms with E-state index < -0.39 is 11.7 Å². The first kappa shape index (κ1) is 18.8. The lowest BCUT2D eigenvalue weighted by Crippen LogP contribution is -2.46. The molecule has 0 radical (unpaired) electrons. The van der Waals surface area contributed by atoms with E-state index in [9.17, 15) is 18.0 Å². The third-order valence-electron chi connectivity index (χ3n) is 5.80. The number of carbonyl (C=O) groups is 1. The van der Waals surface area contributed by atoms with Gasteiger partial charge < -0.3 is 15.4 Å². The highest BCUT2D eigenvalue weighted by molar-refractivity contribution is 5.94. The van der Waals surface area contributed by atoms with Crippen LogP contribution in [0.5, 0.6) is 5.75 Å². The molecule has 2 aliphatic rings. The zero-order valence-electron chi connectivity index (χ0n) is 15.3. The highest BCUT2D eigenvalue weighted by atomic mass is 19.4. The first-order valence-electron chi connectivity index (χ1n) is 9.25. The number of benzene rings is 2. The molecule has 1 amide bonds. The number of halogens is 3. The predicted molar refractivity (Wildman–Crippen MR) is 98.1 cm³/mol. The second-order valence-corrected chi connectivity index (χ2v) is 7.47. The van der Waals surface area contributed by atoms with Crippen molar-refractivity contribution in [2.75, 3.05) is 19.7 Å². The van der Waals surface area contributed by atoms with Crippen LogP contribution in [0.3, 0.4) is 0 Å². The van der Waals surface area contributed by atoms with E-state index >= 15 is 0 Å². The molecule has 1 fully saturated rings. The number of rotatable bonds is 2. The van der Waals surface area contributed by atoms with Crippen molar-refractivity contribution in [2.45, 2.75) is 31.0 Å². The minimum atomic E-state index is -4.46. The van der Waals surface area contributed by atoms with E-state index in [0.29, 0.717) is 39.1 Å². The van der Waals surface area contributed by atoms with Crippen molar-refractivity contribution in [1.29, 1.82) is 0 Å². The number of nitrogens with zero attached hydrogens (tertiary/aromatic N) is 1. The predicted octanol–water partition coefficient (Wildman–Crippen LogP) is 3.73. The van der Waals surface area contributed by atoms with Crippen LogP contribution in [0.25, 0.3) is 0 Å². The van der Waals surface area contributed by atoms with Crippen LogP contribution < -0.4 is 10.5 Å². The number of piperidine rings is 1. The Balaban J connectivity index is 1.51. The average molecular weight is 390 g/mol.